The Labute approximate surface area is 122 Å². The number of ether oxygens (including phenoxy) is 2. The molecule has 0 saturated heterocycles. The van der Waals surface area contributed by atoms with E-state index in [1.165, 1.54) is 12.8 Å². The summed E-state index contributed by atoms with van der Waals surface area (Å²) >= 11 is 3.46. The number of hydrogen-bond acceptors (Lipinski definition) is 3. The van der Waals surface area contributed by atoms with Crippen LogP contribution in [0.3, 0.4) is 0 Å². The van der Waals surface area contributed by atoms with Gasteiger partial charge in [0.1, 0.15) is 0 Å². The molecule has 0 aromatic heterocycles. The molecule has 0 amide bonds. The standard InChI is InChI=1S/C15H19BrO3/c1-3-18-14-8-11(13(17)7-10-5-6-10)12(16)9-15(14)19-4-2/h8-10H,3-7H2,1-2H3. The third-order valence-corrected chi connectivity index (χ3v) is 3.76. The number of hydrogen-bond donors (Lipinski definition) is 0. The molecule has 0 aliphatic heterocycles. The van der Waals surface area contributed by atoms with Gasteiger partial charge in [-0.25, -0.2) is 0 Å². The van der Waals surface area contributed by atoms with Gasteiger partial charge >= 0.3 is 0 Å². The normalized spacial score (nSPS) is 14.3. The highest BCUT2D eigenvalue weighted by atomic mass is 79.9. The molecule has 104 valence electrons. The van der Waals surface area contributed by atoms with Crippen LogP contribution in [0.2, 0.25) is 0 Å². The summed E-state index contributed by atoms with van der Waals surface area (Å²) in [6, 6.07) is 3.62. The molecule has 0 radical (unpaired) electrons. The summed E-state index contributed by atoms with van der Waals surface area (Å²) in [5.74, 6) is 2.09. The lowest BCUT2D eigenvalue weighted by atomic mass is 10.1. The fourth-order valence-electron chi connectivity index (χ4n) is 1.98. The van der Waals surface area contributed by atoms with Crippen LogP contribution in [0.1, 0.15) is 43.5 Å². The largest absolute Gasteiger partial charge is 0.490 e. The zero-order valence-corrected chi connectivity index (χ0v) is 13.0. The molecule has 0 N–H and O–H groups in total. The van der Waals surface area contributed by atoms with Crippen LogP contribution in [0.4, 0.5) is 0 Å². The summed E-state index contributed by atoms with van der Waals surface area (Å²) in [7, 11) is 0. The minimum atomic E-state index is 0.179. The van der Waals surface area contributed by atoms with Gasteiger partial charge in [-0.15, -0.1) is 0 Å². The first-order chi connectivity index (χ1) is 9.15. The first-order valence-electron chi connectivity index (χ1n) is 6.78. The molecule has 1 aliphatic carbocycles. The minimum absolute atomic E-state index is 0.179. The van der Waals surface area contributed by atoms with Crippen LogP contribution in [0.15, 0.2) is 16.6 Å². The van der Waals surface area contributed by atoms with Crippen molar-refractivity contribution in [2.24, 2.45) is 5.92 Å². The molecular formula is C15H19BrO3. The Bertz CT molecular complexity index is 467. The van der Waals surface area contributed by atoms with Crippen molar-refractivity contribution in [3.05, 3.63) is 22.2 Å². The molecule has 1 aromatic carbocycles. The molecular weight excluding hydrogens is 308 g/mol. The van der Waals surface area contributed by atoms with E-state index in [-0.39, 0.29) is 5.78 Å². The molecule has 3 nitrogen and oxygen atoms in total. The van der Waals surface area contributed by atoms with E-state index in [9.17, 15) is 4.79 Å². The highest BCUT2D eigenvalue weighted by Gasteiger charge is 2.26. The molecule has 2 rings (SSSR count). The van der Waals surface area contributed by atoms with Crippen molar-refractivity contribution in [1.29, 1.82) is 0 Å². The van der Waals surface area contributed by atoms with Gasteiger partial charge in [-0.3, -0.25) is 4.79 Å². The van der Waals surface area contributed by atoms with Crippen LogP contribution in [-0.4, -0.2) is 19.0 Å². The molecule has 1 aromatic rings. The van der Waals surface area contributed by atoms with Crippen molar-refractivity contribution in [3.8, 4) is 11.5 Å². The summed E-state index contributed by atoms with van der Waals surface area (Å²) in [5, 5.41) is 0. The Balaban J connectivity index is 2.26. The van der Waals surface area contributed by atoms with E-state index >= 15 is 0 Å². The van der Waals surface area contributed by atoms with Gasteiger partial charge < -0.3 is 9.47 Å². The molecule has 19 heavy (non-hydrogen) atoms. The van der Waals surface area contributed by atoms with Crippen molar-refractivity contribution >= 4 is 21.7 Å². The third kappa shape index (κ3) is 3.72. The second-order valence-corrected chi connectivity index (χ2v) is 5.57. The monoisotopic (exact) mass is 326 g/mol. The maximum atomic E-state index is 12.2. The Kier molecular flexibility index (Phi) is 4.86. The maximum Gasteiger partial charge on any atom is 0.164 e. The second-order valence-electron chi connectivity index (χ2n) is 4.72. The number of carbonyl (C=O) groups excluding carboxylic acids is 1. The number of halogens is 1. The minimum Gasteiger partial charge on any atom is -0.490 e. The molecule has 1 aliphatic rings. The average molecular weight is 327 g/mol. The van der Waals surface area contributed by atoms with E-state index in [0.717, 1.165) is 4.47 Å². The Morgan fingerprint density at radius 2 is 1.79 bits per heavy atom. The third-order valence-electron chi connectivity index (χ3n) is 3.10. The van der Waals surface area contributed by atoms with Crippen molar-refractivity contribution in [2.45, 2.75) is 33.1 Å². The summed E-state index contributed by atoms with van der Waals surface area (Å²) in [5.41, 5.74) is 0.693. The summed E-state index contributed by atoms with van der Waals surface area (Å²) in [6.07, 6.45) is 3.00. The second kappa shape index (κ2) is 6.42. The first kappa shape index (κ1) is 14.4. The van der Waals surface area contributed by atoms with Crippen LogP contribution in [0.25, 0.3) is 0 Å². The van der Waals surface area contributed by atoms with Crippen molar-refractivity contribution in [1.82, 2.24) is 0 Å². The van der Waals surface area contributed by atoms with Crippen molar-refractivity contribution < 1.29 is 14.3 Å². The summed E-state index contributed by atoms with van der Waals surface area (Å²) < 4.78 is 11.9. The van der Waals surface area contributed by atoms with Gasteiger partial charge in [0, 0.05) is 16.5 Å². The van der Waals surface area contributed by atoms with Crippen LogP contribution in [-0.2, 0) is 0 Å². The van der Waals surface area contributed by atoms with E-state index in [4.69, 9.17) is 9.47 Å². The molecule has 0 spiro atoms. The van der Waals surface area contributed by atoms with Gasteiger partial charge in [-0.05, 0) is 60.7 Å². The van der Waals surface area contributed by atoms with Gasteiger partial charge in [0.05, 0.1) is 13.2 Å². The molecule has 1 fully saturated rings. The lowest BCUT2D eigenvalue weighted by molar-refractivity contribution is 0.0975. The lowest BCUT2D eigenvalue weighted by Crippen LogP contribution is -2.05. The van der Waals surface area contributed by atoms with E-state index in [1.54, 1.807) is 6.07 Å². The highest BCUT2D eigenvalue weighted by Crippen LogP contribution is 2.38. The zero-order chi connectivity index (χ0) is 13.8. The molecule has 0 heterocycles. The SMILES string of the molecule is CCOc1cc(Br)c(C(=O)CC2CC2)cc1OCC. The number of Topliss-reactive ketones (excluding diaryl/α,β-unsaturated/α-hetero) is 1. The fraction of sp³-hybridized carbons (Fsp3) is 0.533. The topological polar surface area (TPSA) is 35.5 Å². The summed E-state index contributed by atoms with van der Waals surface area (Å²) in [6.45, 7) is 4.97. The predicted octanol–water partition coefficient (Wildman–Crippen LogP) is 4.23. The molecule has 4 heteroatoms. The van der Waals surface area contributed by atoms with E-state index in [2.05, 4.69) is 15.9 Å². The van der Waals surface area contributed by atoms with Crippen LogP contribution in [0.5, 0.6) is 11.5 Å². The Morgan fingerprint density at radius 3 is 2.32 bits per heavy atom. The Morgan fingerprint density at radius 1 is 1.21 bits per heavy atom. The lowest BCUT2D eigenvalue weighted by Gasteiger charge is -2.13. The van der Waals surface area contributed by atoms with Crippen LogP contribution < -0.4 is 9.47 Å². The smallest absolute Gasteiger partial charge is 0.164 e. The number of benzene rings is 1. The van der Waals surface area contributed by atoms with E-state index in [1.807, 2.05) is 19.9 Å². The zero-order valence-electron chi connectivity index (χ0n) is 11.4. The van der Waals surface area contributed by atoms with Crippen LogP contribution in [0, 0.1) is 5.92 Å². The van der Waals surface area contributed by atoms with Crippen molar-refractivity contribution in [3.63, 3.8) is 0 Å². The molecule has 0 atom stereocenters. The maximum absolute atomic E-state index is 12.2. The fourth-order valence-corrected chi connectivity index (χ4v) is 2.52. The van der Waals surface area contributed by atoms with Gasteiger partial charge in [-0.2, -0.15) is 0 Å². The van der Waals surface area contributed by atoms with E-state index in [0.29, 0.717) is 42.6 Å². The van der Waals surface area contributed by atoms with Crippen LogP contribution >= 0.6 is 15.9 Å². The predicted molar refractivity (Wildman–Crippen MR) is 78.2 cm³/mol. The number of rotatable bonds is 7. The average Bonchev–Trinajstić information content (AvgIpc) is 3.16. The Hall–Kier alpha value is -1.03. The first-order valence-corrected chi connectivity index (χ1v) is 7.57. The number of ketones is 1. The molecule has 1 saturated carbocycles. The van der Waals surface area contributed by atoms with Gasteiger partial charge in [0.25, 0.3) is 0 Å². The molecule has 0 unspecified atom stereocenters. The number of carbonyl (C=O) groups is 1. The quantitative estimate of drug-likeness (QED) is 0.703. The molecule has 0 bridgehead atoms. The summed E-state index contributed by atoms with van der Waals surface area (Å²) in [4.78, 5) is 12.2. The van der Waals surface area contributed by atoms with Gasteiger partial charge in [0.2, 0.25) is 0 Å². The van der Waals surface area contributed by atoms with Crippen molar-refractivity contribution in [2.75, 3.05) is 13.2 Å². The van der Waals surface area contributed by atoms with E-state index < -0.39 is 0 Å². The highest BCUT2D eigenvalue weighted by molar-refractivity contribution is 9.10. The van der Waals surface area contributed by atoms with Gasteiger partial charge in [-0.1, -0.05) is 0 Å². The van der Waals surface area contributed by atoms with Gasteiger partial charge in [0.15, 0.2) is 17.3 Å².